The van der Waals surface area contributed by atoms with Gasteiger partial charge in [0, 0.05) is 10.6 Å². The number of hydrogen-bond donors (Lipinski definition) is 0. The van der Waals surface area contributed by atoms with Gasteiger partial charge in [0.2, 0.25) is 0 Å². The molecule has 0 fully saturated rings. The summed E-state index contributed by atoms with van der Waals surface area (Å²) in [5.41, 5.74) is 2.84. The third kappa shape index (κ3) is 5.33. The molecule has 0 aliphatic carbocycles. The Morgan fingerprint density at radius 2 is 1.52 bits per heavy atom. The van der Waals surface area contributed by atoms with Gasteiger partial charge >= 0.3 is 5.97 Å². The Hall–Kier alpha value is -3.37. The van der Waals surface area contributed by atoms with Gasteiger partial charge in [0.15, 0.2) is 17.3 Å². The van der Waals surface area contributed by atoms with Crippen molar-refractivity contribution >= 4 is 29.4 Å². The number of hydrogen-bond acceptors (Lipinski definition) is 4. The fourth-order valence-corrected chi connectivity index (χ4v) is 2.73. The summed E-state index contributed by atoms with van der Waals surface area (Å²) in [5, 5.41) is 0.537. The second-order valence-corrected chi connectivity index (χ2v) is 6.81. The minimum absolute atomic E-state index is 0.0952. The SMILES string of the molecule is COc1cc(/C=C/C(=O)c2ccc(C)cc2)ccc1OC(=O)c1ccc(Cl)cc1. The lowest BCUT2D eigenvalue weighted by Crippen LogP contribution is -2.09. The molecular formula is C24H19ClO4. The molecule has 29 heavy (non-hydrogen) atoms. The first kappa shape index (κ1) is 20.4. The van der Waals surface area contributed by atoms with Gasteiger partial charge in [-0.15, -0.1) is 0 Å². The Morgan fingerprint density at radius 3 is 2.17 bits per heavy atom. The normalized spacial score (nSPS) is 10.7. The number of ketones is 1. The zero-order chi connectivity index (χ0) is 20.8. The molecule has 0 bridgehead atoms. The number of allylic oxidation sites excluding steroid dienone is 1. The van der Waals surface area contributed by atoms with Crippen LogP contribution in [0.5, 0.6) is 11.5 Å². The molecule has 0 saturated carbocycles. The smallest absolute Gasteiger partial charge is 0.343 e. The zero-order valence-corrected chi connectivity index (χ0v) is 16.8. The molecule has 0 aromatic heterocycles. The summed E-state index contributed by atoms with van der Waals surface area (Å²) in [4.78, 5) is 24.6. The third-order valence-corrected chi connectivity index (χ3v) is 4.49. The van der Waals surface area contributed by atoms with Crippen LogP contribution in [0, 0.1) is 6.92 Å². The lowest BCUT2D eigenvalue weighted by Gasteiger charge is -2.10. The first-order valence-electron chi connectivity index (χ1n) is 8.91. The van der Waals surface area contributed by atoms with Crippen LogP contribution < -0.4 is 9.47 Å². The van der Waals surface area contributed by atoms with E-state index in [1.807, 2.05) is 19.1 Å². The van der Waals surface area contributed by atoms with Crippen molar-refractivity contribution in [3.05, 3.63) is 100 Å². The van der Waals surface area contributed by atoms with Gasteiger partial charge in [-0.3, -0.25) is 4.79 Å². The van der Waals surface area contributed by atoms with Crippen LogP contribution in [0.25, 0.3) is 6.08 Å². The molecule has 0 unspecified atom stereocenters. The van der Waals surface area contributed by atoms with E-state index in [4.69, 9.17) is 21.1 Å². The van der Waals surface area contributed by atoms with Gasteiger partial charge in [-0.25, -0.2) is 4.79 Å². The number of rotatable bonds is 6. The summed E-state index contributed by atoms with van der Waals surface area (Å²) in [6.45, 7) is 1.97. The predicted molar refractivity (Wildman–Crippen MR) is 114 cm³/mol. The fraction of sp³-hybridized carbons (Fsp3) is 0.0833. The standard InChI is InChI=1S/C24H19ClO4/c1-16-3-7-18(8-4-16)21(26)13-5-17-6-14-22(23(15-17)28-2)29-24(27)19-9-11-20(25)12-10-19/h3-15H,1-2H3/b13-5+. The molecule has 146 valence electrons. The van der Waals surface area contributed by atoms with Crippen LogP contribution in [-0.2, 0) is 0 Å². The van der Waals surface area contributed by atoms with Gasteiger partial charge in [0.05, 0.1) is 12.7 Å². The number of carbonyl (C=O) groups excluding carboxylic acids is 2. The first-order chi connectivity index (χ1) is 14.0. The fourth-order valence-electron chi connectivity index (χ4n) is 2.60. The predicted octanol–water partition coefficient (Wildman–Crippen LogP) is 5.77. The van der Waals surface area contributed by atoms with E-state index in [0.717, 1.165) is 11.1 Å². The topological polar surface area (TPSA) is 52.6 Å². The Balaban J connectivity index is 1.74. The van der Waals surface area contributed by atoms with Gasteiger partial charge in [0.1, 0.15) is 0 Å². The summed E-state index contributed by atoms with van der Waals surface area (Å²) < 4.78 is 10.8. The van der Waals surface area contributed by atoms with E-state index >= 15 is 0 Å². The maximum Gasteiger partial charge on any atom is 0.343 e. The molecule has 5 heteroatoms. The van der Waals surface area contributed by atoms with Crippen LogP contribution in [0.15, 0.2) is 72.8 Å². The van der Waals surface area contributed by atoms with Crippen molar-refractivity contribution in [2.75, 3.05) is 7.11 Å². The number of ether oxygens (including phenoxy) is 2. The monoisotopic (exact) mass is 406 g/mol. The minimum atomic E-state index is -0.516. The molecule has 0 atom stereocenters. The molecule has 0 N–H and O–H groups in total. The van der Waals surface area contributed by atoms with Crippen LogP contribution in [-0.4, -0.2) is 18.9 Å². The quantitative estimate of drug-likeness (QED) is 0.225. The molecule has 0 radical (unpaired) electrons. The first-order valence-corrected chi connectivity index (χ1v) is 9.29. The highest BCUT2D eigenvalue weighted by atomic mass is 35.5. The molecule has 3 aromatic rings. The zero-order valence-electron chi connectivity index (χ0n) is 16.0. The van der Waals surface area contributed by atoms with Crippen molar-refractivity contribution in [1.82, 2.24) is 0 Å². The largest absolute Gasteiger partial charge is 0.493 e. The Morgan fingerprint density at radius 1 is 0.862 bits per heavy atom. The highest BCUT2D eigenvalue weighted by molar-refractivity contribution is 6.30. The van der Waals surface area contributed by atoms with Crippen LogP contribution >= 0.6 is 11.6 Å². The van der Waals surface area contributed by atoms with Crippen molar-refractivity contribution < 1.29 is 19.1 Å². The van der Waals surface area contributed by atoms with Crippen molar-refractivity contribution in [3.8, 4) is 11.5 Å². The molecule has 0 heterocycles. The number of benzene rings is 3. The van der Waals surface area contributed by atoms with Crippen molar-refractivity contribution in [3.63, 3.8) is 0 Å². The van der Waals surface area contributed by atoms with Crippen molar-refractivity contribution in [2.45, 2.75) is 6.92 Å². The third-order valence-electron chi connectivity index (χ3n) is 4.23. The van der Waals surface area contributed by atoms with Crippen LogP contribution in [0.1, 0.15) is 31.8 Å². The average molecular weight is 407 g/mol. The van der Waals surface area contributed by atoms with Crippen molar-refractivity contribution in [2.24, 2.45) is 0 Å². The Labute approximate surface area is 174 Å². The number of esters is 1. The highest BCUT2D eigenvalue weighted by Gasteiger charge is 2.13. The maximum atomic E-state index is 12.3. The van der Waals surface area contributed by atoms with E-state index in [1.54, 1.807) is 60.7 Å². The number of carbonyl (C=O) groups is 2. The Bertz CT molecular complexity index is 1050. The van der Waals surface area contributed by atoms with Crippen molar-refractivity contribution in [1.29, 1.82) is 0 Å². The molecule has 3 rings (SSSR count). The van der Waals surface area contributed by atoms with Crippen LogP contribution in [0.3, 0.4) is 0 Å². The molecule has 0 saturated heterocycles. The molecule has 0 aliphatic rings. The van der Waals surface area contributed by atoms with E-state index in [-0.39, 0.29) is 11.5 Å². The van der Waals surface area contributed by atoms with Gasteiger partial charge < -0.3 is 9.47 Å². The lowest BCUT2D eigenvalue weighted by atomic mass is 10.1. The highest BCUT2D eigenvalue weighted by Crippen LogP contribution is 2.29. The number of methoxy groups -OCH3 is 1. The van der Waals surface area contributed by atoms with Gasteiger partial charge in [-0.1, -0.05) is 53.6 Å². The van der Waals surface area contributed by atoms with Gasteiger partial charge in [0.25, 0.3) is 0 Å². The average Bonchev–Trinajstić information content (AvgIpc) is 2.73. The van der Waals surface area contributed by atoms with Crippen LogP contribution in [0.4, 0.5) is 0 Å². The number of halogens is 1. The molecule has 4 nitrogen and oxygen atoms in total. The van der Waals surface area contributed by atoms with E-state index in [2.05, 4.69) is 0 Å². The second-order valence-electron chi connectivity index (χ2n) is 6.37. The maximum absolute atomic E-state index is 12.3. The molecule has 0 amide bonds. The summed E-state index contributed by atoms with van der Waals surface area (Å²) in [5.74, 6) is 0.0618. The summed E-state index contributed by atoms with van der Waals surface area (Å²) in [7, 11) is 1.49. The second kappa shape index (κ2) is 9.22. The summed E-state index contributed by atoms with van der Waals surface area (Å²) in [6, 6.07) is 18.9. The minimum Gasteiger partial charge on any atom is -0.493 e. The summed E-state index contributed by atoms with van der Waals surface area (Å²) in [6.07, 6.45) is 3.19. The van der Waals surface area contributed by atoms with Gasteiger partial charge in [-0.05, 0) is 55.0 Å². The van der Waals surface area contributed by atoms with Gasteiger partial charge in [-0.2, -0.15) is 0 Å². The number of aryl methyl sites for hydroxylation is 1. The Kier molecular flexibility index (Phi) is 6.47. The molecular weight excluding hydrogens is 388 g/mol. The van der Waals surface area contributed by atoms with E-state index in [0.29, 0.717) is 21.9 Å². The van der Waals surface area contributed by atoms with E-state index < -0.39 is 5.97 Å². The molecule has 0 spiro atoms. The lowest BCUT2D eigenvalue weighted by molar-refractivity contribution is 0.0729. The van der Waals surface area contributed by atoms with Crippen LogP contribution in [0.2, 0.25) is 5.02 Å². The summed E-state index contributed by atoms with van der Waals surface area (Å²) >= 11 is 5.84. The molecule has 0 aliphatic heterocycles. The molecule has 3 aromatic carbocycles. The van der Waals surface area contributed by atoms with E-state index in [1.165, 1.54) is 13.2 Å². The van der Waals surface area contributed by atoms with E-state index in [9.17, 15) is 9.59 Å².